The maximum Gasteiger partial charge on any atom is 0.573 e. The van der Waals surface area contributed by atoms with E-state index in [1.165, 1.54) is 30.3 Å². The lowest BCUT2D eigenvalue weighted by molar-refractivity contribution is -0.274. The molecule has 1 unspecified atom stereocenters. The molecular formula is C30H30F6N2O2. The van der Waals surface area contributed by atoms with Crippen molar-refractivity contribution in [3.05, 3.63) is 101 Å². The summed E-state index contributed by atoms with van der Waals surface area (Å²) in [7, 11) is 0. The summed E-state index contributed by atoms with van der Waals surface area (Å²) < 4.78 is 83.4. The Kier molecular flexibility index (Phi) is 8.95. The summed E-state index contributed by atoms with van der Waals surface area (Å²) in [4.78, 5) is 12.9. The number of benzene rings is 3. The minimum atomic E-state index is -4.94. The zero-order chi connectivity index (χ0) is 28.8. The van der Waals surface area contributed by atoms with E-state index >= 15 is 0 Å². The number of amides is 2. The molecule has 0 bridgehead atoms. The van der Waals surface area contributed by atoms with Crippen LogP contribution in [0.25, 0.3) is 0 Å². The molecule has 1 aliphatic carbocycles. The van der Waals surface area contributed by atoms with Gasteiger partial charge in [-0.25, -0.2) is 4.79 Å². The minimum Gasteiger partial charge on any atom is -0.406 e. The lowest BCUT2D eigenvalue weighted by atomic mass is 9.70. The zero-order valence-electron chi connectivity index (χ0n) is 21.6. The molecule has 0 spiro atoms. The van der Waals surface area contributed by atoms with E-state index in [1.807, 2.05) is 12.1 Å². The molecule has 40 heavy (non-hydrogen) atoms. The Morgan fingerprint density at radius 1 is 0.775 bits per heavy atom. The Balaban J connectivity index is 1.81. The molecule has 1 aliphatic rings. The van der Waals surface area contributed by atoms with Gasteiger partial charge in [0.25, 0.3) is 0 Å². The van der Waals surface area contributed by atoms with E-state index in [0.717, 1.165) is 37.3 Å². The number of ether oxygens (including phenoxy) is 1. The molecule has 0 radical (unpaired) electrons. The molecule has 1 atom stereocenters. The Hall–Kier alpha value is -3.69. The number of rotatable bonds is 9. The number of carbonyl (C=O) groups excluding carboxylic acids is 1. The third-order valence-corrected chi connectivity index (χ3v) is 7.09. The number of alkyl halides is 6. The summed E-state index contributed by atoms with van der Waals surface area (Å²) in [6, 6.07) is 19.9. The molecule has 4 rings (SSSR count). The average Bonchev–Trinajstić information content (AvgIpc) is 3.38. The summed E-state index contributed by atoms with van der Waals surface area (Å²) in [6.07, 6.45) is -6.69. The van der Waals surface area contributed by atoms with Gasteiger partial charge in [0.1, 0.15) is 5.75 Å². The predicted octanol–water partition coefficient (Wildman–Crippen LogP) is 7.46. The van der Waals surface area contributed by atoms with E-state index in [9.17, 15) is 31.1 Å². The molecule has 2 amide bonds. The van der Waals surface area contributed by atoms with Crippen molar-refractivity contribution in [2.24, 2.45) is 0 Å². The highest BCUT2D eigenvalue weighted by Gasteiger charge is 2.38. The van der Waals surface area contributed by atoms with Crippen molar-refractivity contribution in [2.45, 2.75) is 62.5 Å². The highest BCUT2D eigenvalue weighted by Crippen LogP contribution is 2.39. The van der Waals surface area contributed by atoms with Gasteiger partial charge < -0.3 is 15.4 Å². The molecule has 2 N–H and O–H groups in total. The third kappa shape index (κ3) is 8.16. The van der Waals surface area contributed by atoms with Crippen LogP contribution in [0.1, 0.15) is 47.9 Å². The van der Waals surface area contributed by atoms with Gasteiger partial charge in [0, 0.05) is 18.0 Å². The van der Waals surface area contributed by atoms with E-state index in [-0.39, 0.29) is 24.6 Å². The van der Waals surface area contributed by atoms with Gasteiger partial charge >= 0.3 is 18.6 Å². The monoisotopic (exact) mass is 564 g/mol. The second-order valence-electron chi connectivity index (χ2n) is 10.1. The topological polar surface area (TPSA) is 50.4 Å². The van der Waals surface area contributed by atoms with Crippen LogP contribution in [0, 0.1) is 0 Å². The van der Waals surface area contributed by atoms with Crippen LogP contribution in [0.2, 0.25) is 0 Å². The molecule has 0 heterocycles. The summed E-state index contributed by atoms with van der Waals surface area (Å²) in [6.45, 7) is -0.0919. The molecular weight excluding hydrogens is 534 g/mol. The van der Waals surface area contributed by atoms with Crippen LogP contribution in [0.3, 0.4) is 0 Å². The van der Waals surface area contributed by atoms with Crippen LogP contribution >= 0.6 is 0 Å². The quantitative estimate of drug-likeness (QED) is 0.265. The first kappa shape index (κ1) is 29.3. The molecule has 10 heteroatoms. The second-order valence-corrected chi connectivity index (χ2v) is 10.1. The van der Waals surface area contributed by atoms with Crippen LogP contribution in [0.15, 0.2) is 78.9 Å². The van der Waals surface area contributed by atoms with Crippen LogP contribution in [-0.2, 0) is 18.3 Å². The van der Waals surface area contributed by atoms with E-state index in [0.29, 0.717) is 11.1 Å². The van der Waals surface area contributed by atoms with Gasteiger partial charge in [-0.05, 0) is 53.6 Å². The second kappa shape index (κ2) is 12.2. The lowest BCUT2D eigenvalue weighted by Crippen LogP contribution is -2.48. The molecule has 0 saturated heterocycles. The Morgan fingerprint density at radius 2 is 1.40 bits per heavy atom. The van der Waals surface area contributed by atoms with Crippen LogP contribution in [-0.4, -0.2) is 31.2 Å². The Bertz CT molecular complexity index is 1210. The normalized spacial score (nSPS) is 15.8. The van der Waals surface area contributed by atoms with E-state index < -0.39 is 36.2 Å². The number of urea groups is 1. The standard InChI is InChI=1S/C30H30F6N2O2/c31-29(32,33)19-22-10-6-11-23(16-22)28(18-21-8-2-1-3-9-21,20-37-27(39)38-25-13-4-5-14-25)24-12-7-15-26(17-24)40-30(34,35)36/h1-3,6-12,15-17,25H,4-5,13-14,18-20H2,(H2,37,38,39). The maximum atomic E-state index is 13.3. The van der Waals surface area contributed by atoms with Crippen molar-refractivity contribution >= 4 is 6.03 Å². The van der Waals surface area contributed by atoms with Crippen molar-refractivity contribution in [1.82, 2.24) is 10.6 Å². The SMILES string of the molecule is O=C(NCC(Cc1ccccc1)(c1cccc(CC(F)(F)F)c1)c1cccc(OC(F)(F)F)c1)NC1CCCC1. The summed E-state index contributed by atoms with van der Waals surface area (Å²) in [5.74, 6) is -0.468. The average molecular weight is 565 g/mol. The number of hydrogen-bond donors (Lipinski definition) is 2. The molecule has 4 nitrogen and oxygen atoms in total. The molecule has 3 aromatic rings. The van der Waals surface area contributed by atoms with Crippen molar-refractivity contribution < 1.29 is 35.9 Å². The van der Waals surface area contributed by atoms with Gasteiger partial charge in [-0.2, -0.15) is 13.2 Å². The number of carbonyl (C=O) groups is 1. The fourth-order valence-electron chi connectivity index (χ4n) is 5.32. The lowest BCUT2D eigenvalue weighted by Gasteiger charge is -2.36. The Morgan fingerprint density at radius 3 is 2.05 bits per heavy atom. The molecule has 214 valence electrons. The maximum absolute atomic E-state index is 13.3. The van der Waals surface area contributed by atoms with Crippen LogP contribution in [0.5, 0.6) is 5.75 Å². The number of halogens is 6. The molecule has 0 aliphatic heterocycles. The van der Waals surface area contributed by atoms with Crippen molar-refractivity contribution in [3.63, 3.8) is 0 Å². The fourth-order valence-corrected chi connectivity index (χ4v) is 5.32. The predicted molar refractivity (Wildman–Crippen MR) is 139 cm³/mol. The van der Waals surface area contributed by atoms with E-state index in [4.69, 9.17) is 0 Å². The van der Waals surface area contributed by atoms with Gasteiger partial charge in [0.05, 0.1) is 6.42 Å². The summed E-state index contributed by atoms with van der Waals surface area (Å²) >= 11 is 0. The first-order valence-corrected chi connectivity index (χ1v) is 13.0. The van der Waals surface area contributed by atoms with Gasteiger partial charge in [-0.1, -0.05) is 79.6 Å². The first-order valence-electron chi connectivity index (χ1n) is 13.0. The van der Waals surface area contributed by atoms with Gasteiger partial charge in [-0.3, -0.25) is 0 Å². The van der Waals surface area contributed by atoms with Gasteiger partial charge in [-0.15, -0.1) is 13.2 Å². The van der Waals surface area contributed by atoms with E-state index in [1.54, 1.807) is 30.3 Å². The summed E-state index contributed by atoms with van der Waals surface area (Å²) in [5.41, 5.74) is 0.317. The molecule has 1 saturated carbocycles. The minimum absolute atomic E-state index is 0.000500. The van der Waals surface area contributed by atoms with Crippen molar-refractivity contribution in [2.75, 3.05) is 6.54 Å². The van der Waals surface area contributed by atoms with Crippen molar-refractivity contribution in [1.29, 1.82) is 0 Å². The first-order chi connectivity index (χ1) is 18.9. The molecule has 1 fully saturated rings. The smallest absolute Gasteiger partial charge is 0.406 e. The molecule has 3 aromatic carbocycles. The highest BCUT2D eigenvalue weighted by atomic mass is 19.4. The van der Waals surface area contributed by atoms with Crippen molar-refractivity contribution in [3.8, 4) is 5.75 Å². The highest BCUT2D eigenvalue weighted by molar-refractivity contribution is 5.74. The largest absolute Gasteiger partial charge is 0.573 e. The Labute approximate surface area is 228 Å². The number of nitrogens with one attached hydrogen (secondary N) is 2. The van der Waals surface area contributed by atoms with Gasteiger partial charge in [0.2, 0.25) is 0 Å². The fraction of sp³-hybridized carbons (Fsp3) is 0.367. The van der Waals surface area contributed by atoms with Crippen LogP contribution in [0.4, 0.5) is 31.1 Å². The number of hydrogen-bond acceptors (Lipinski definition) is 2. The zero-order valence-corrected chi connectivity index (χ0v) is 21.6. The summed E-state index contributed by atoms with van der Waals surface area (Å²) in [5, 5.41) is 5.80. The molecule has 0 aromatic heterocycles. The third-order valence-electron chi connectivity index (χ3n) is 7.09. The van der Waals surface area contributed by atoms with E-state index in [2.05, 4.69) is 15.4 Å². The van der Waals surface area contributed by atoms with Gasteiger partial charge in [0.15, 0.2) is 0 Å². The van der Waals surface area contributed by atoms with Crippen LogP contribution < -0.4 is 15.4 Å².